The standard InChI is InChI=1S/C6H9NO4/c1-7-3(5(8)9)2-4(7)6(10)11/h3-4H,2H2,1H3,(H,8,9)(H,10,11). The molecular formula is C6H9NO4. The summed E-state index contributed by atoms with van der Waals surface area (Å²) in [5.74, 6) is -1.91. The van der Waals surface area contributed by atoms with Gasteiger partial charge in [0.25, 0.3) is 0 Å². The summed E-state index contributed by atoms with van der Waals surface area (Å²) in [4.78, 5) is 22.0. The molecule has 0 amide bonds. The smallest absolute Gasteiger partial charge is 0.321 e. The first-order valence-corrected chi connectivity index (χ1v) is 3.21. The number of hydrogen-bond acceptors (Lipinski definition) is 3. The fourth-order valence-electron chi connectivity index (χ4n) is 1.17. The van der Waals surface area contributed by atoms with Gasteiger partial charge in [-0.25, -0.2) is 0 Å². The highest BCUT2D eigenvalue weighted by Gasteiger charge is 2.44. The molecule has 0 aromatic carbocycles. The number of hydrogen-bond donors (Lipinski definition) is 2. The predicted molar refractivity (Wildman–Crippen MR) is 35.2 cm³/mol. The molecule has 1 aliphatic heterocycles. The maximum Gasteiger partial charge on any atom is 0.321 e. The third kappa shape index (κ3) is 1.19. The van der Waals surface area contributed by atoms with Crippen LogP contribution in [0.4, 0.5) is 0 Å². The summed E-state index contributed by atoms with van der Waals surface area (Å²) in [6.45, 7) is 0. The van der Waals surface area contributed by atoms with E-state index in [9.17, 15) is 9.59 Å². The van der Waals surface area contributed by atoms with Crippen LogP contribution in [-0.2, 0) is 9.59 Å². The Labute approximate surface area is 63.2 Å². The van der Waals surface area contributed by atoms with Crippen molar-refractivity contribution < 1.29 is 19.8 Å². The van der Waals surface area contributed by atoms with Gasteiger partial charge in [0.2, 0.25) is 0 Å². The lowest BCUT2D eigenvalue weighted by Crippen LogP contribution is -2.60. The lowest BCUT2D eigenvalue weighted by molar-refractivity contribution is -0.160. The number of carbonyl (C=O) groups is 2. The zero-order chi connectivity index (χ0) is 8.59. The molecule has 11 heavy (non-hydrogen) atoms. The number of carboxylic acid groups (broad SMARTS) is 2. The van der Waals surface area contributed by atoms with E-state index in [1.54, 1.807) is 0 Å². The molecule has 2 N–H and O–H groups in total. The normalized spacial score (nSPS) is 31.0. The van der Waals surface area contributed by atoms with E-state index in [-0.39, 0.29) is 6.42 Å². The lowest BCUT2D eigenvalue weighted by Gasteiger charge is -2.40. The minimum absolute atomic E-state index is 0.209. The highest BCUT2D eigenvalue weighted by atomic mass is 16.4. The van der Waals surface area contributed by atoms with Crippen molar-refractivity contribution in [3.05, 3.63) is 0 Å². The largest absolute Gasteiger partial charge is 0.480 e. The average Bonchev–Trinajstić information content (AvgIpc) is 1.82. The van der Waals surface area contributed by atoms with Crippen molar-refractivity contribution in [1.29, 1.82) is 0 Å². The van der Waals surface area contributed by atoms with Crippen molar-refractivity contribution in [3.8, 4) is 0 Å². The third-order valence-corrected chi connectivity index (χ3v) is 2.00. The Bertz CT molecular complexity index is 183. The van der Waals surface area contributed by atoms with Crippen LogP contribution >= 0.6 is 0 Å². The Hall–Kier alpha value is -1.10. The first-order valence-electron chi connectivity index (χ1n) is 3.21. The first-order chi connectivity index (χ1) is 5.04. The number of carboxylic acids is 2. The summed E-state index contributed by atoms with van der Waals surface area (Å²) in [6.07, 6.45) is 0.209. The fraction of sp³-hybridized carbons (Fsp3) is 0.667. The maximum absolute atomic E-state index is 10.3. The van der Waals surface area contributed by atoms with E-state index in [1.807, 2.05) is 0 Å². The van der Waals surface area contributed by atoms with Gasteiger partial charge in [-0.3, -0.25) is 14.5 Å². The van der Waals surface area contributed by atoms with E-state index in [1.165, 1.54) is 11.9 Å². The van der Waals surface area contributed by atoms with Crippen LogP contribution in [0.2, 0.25) is 0 Å². The molecule has 1 fully saturated rings. The topological polar surface area (TPSA) is 77.8 Å². The Morgan fingerprint density at radius 3 is 1.82 bits per heavy atom. The Kier molecular flexibility index (Phi) is 1.82. The molecule has 0 radical (unpaired) electrons. The predicted octanol–water partition coefficient (Wildman–Crippen LogP) is -0.772. The van der Waals surface area contributed by atoms with Crippen molar-refractivity contribution in [2.24, 2.45) is 0 Å². The molecule has 1 heterocycles. The van der Waals surface area contributed by atoms with E-state index < -0.39 is 24.0 Å². The summed E-state index contributed by atoms with van der Waals surface area (Å²) in [5, 5.41) is 16.9. The second-order valence-corrected chi connectivity index (χ2v) is 2.61. The van der Waals surface area contributed by atoms with Crippen molar-refractivity contribution in [2.75, 3.05) is 7.05 Å². The van der Waals surface area contributed by atoms with Gasteiger partial charge in [0.05, 0.1) is 0 Å². The van der Waals surface area contributed by atoms with Crippen molar-refractivity contribution in [2.45, 2.75) is 18.5 Å². The molecule has 5 nitrogen and oxygen atoms in total. The maximum atomic E-state index is 10.3. The molecule has 0 spiro atoms. The number of rotatable bonds is 2. The average molecular weight is 159 g/mol. The highest BCUT2D eigenvalue weighted by molar-refractivity contribution is 5.82. The van der Waals surface area contributed by atoms with Crippen molar-refractivity contribution >= 4 is 11.9 Å². The molecule has 0 saturated carbocycles. The van der Waals surface area contributed by atoms with Crippen LogP contribution in [0.5, 0.6) is 0 Å². The molecule has 62 valence electrons. The molecule has 1 saturated heterocycles. The summed E-state index contributed by atoms with van der Waals surface area (Å²) >= 11 is 0. The van der Waals surface area contributed by atoms with Crippen LogP contribution < -0.4 is 0 Å². The summed E-state index contributed by atoms with van der Waals surface area (Å²) in [6, 6.07) is -1.23. The van der Waals surface area contributed by atoms with Gasteiger partial charge in [0.1, 0.15) is 12.1 Å². The van der Waals surface area contributed by atoms with Gasteiger partial charge in [0, 0.05) is 0 Å². The van der Waals surface area contributed by atoms with Gasteiger partial charge in [-0.2, -0.15) is 0 Å². The number of likely N-dealkylation sites (N-methyl/N-ethyl adjacent to an activating group) is 1. The molecule has 2 atom stereocenters. The van der Waals surface area contributed by atoms with E-state index in [4.69, 9.17) is 10.2 Å². The second kappa shape index (κ2) is 2.50. The number of nitrogens with zero attached hydrogens (tertiary/aromatic N) is 1. The Morgan fingerprint density at radius 1 is 1.27 bits per heavy atom. The second-order valence-electron chi connectivity index (χ2n) is 2.61. The van der Waals surface area contributed by atoms with E-state index in [0.29, 0.717) is 0 Å². The van der Waals surface area contributed by atoms with Crippen LogP contribution in [0.15, 0.2) is 0 Å². The Balaban J connectivity index is 2.50. The summed E-state index contributed by atoms with van der Waals surface area (Å²) < 4.78 is 0. The van der Waals surface area contributed by atoms with Crippen LogP contribution in [0, 0.1) is 0 Å². The lowest BCUT2D eigenvalue weighted by atomic mass is 9.94. The van der Waals surface area contributed by atoms with Gasteiger partial charge in [-0.1, -0.05) is 0 Å². The van der Waals surface area contributed by atoms with Gasteiger partial charge in [-0.15, -0.1) is 0 Å². The van der Waals surface area contributed by atoms with Gasteiger partial charge < -0.3 is 10.2 Å². The molecule has 0 aromatic heterocycles. The third-order valence-electron chi connectivity index (χ3n) is 2.00. The quantitative estimate of drug-likeness (QED) is 0.553. The van der Waals surface area contributed by atoms with Crippen molar-refractivity contribution in [3.63, 3.8) is 0 Å². The van der Waals surface area contributed by atoms with E-state index >= 15 is 0 Å². The van der Waals surface area contributed by atoms with Crippen LogP contribution in [0.1, 0.15) is 6.42 Å². The van der Waals surface area contributed by atoms with Gasteiger partial charge >= 0.3 is 11.9 Å². The summed E-state index contributed by atoms with van der Waals surface area (Å²) in [5.41, 5.74) is 0. The van der Waals surface area contributed by atoms with E-state index in [0.717, 1.165) is 0 Å². The minimum atomic E-state index is -0.954. The molecule has 2 unspecified atom stereocenters. The monoisotopic (exact) mass is 159 g/mol. The highest BCUT2D eigenvalue weighted by Crippen LogP contribution is 2.23. The van der Waals surface area contributed by atoms with Crippen LogP contribution in [-0.4, -0.2) is 46.2 Å². The van der Waals surface area contributed by atoms with E-state index in [2.05, 4.69) is 0 Å². The molecule has 0 bridgehead atoms. The molecule has 0 aromatic rings. The first kappa shape index (κ1) is 8.00. The minimum Gasteiger partial charge on any atom is -0.480 e. The number of likely N-dealkylation sites (tertiary alicyclic amines) is 1. The molecular weight excluding hydrogens is 150 g/mol. The molecule has 5 heteroatoms. The van der Waals surface area contributed by atoms with Crippen LogP contribution in [0.25, 0.3) is 0 Å². The molecule has 1 aliphatic rings. The zero-order valence-electron chi connectivity index (χ0n) is 6.02. The molecule has 1 rings (SSSR count). The van der Waals surface area contributed by atoms with Crippen LogP contribution in [0.3, 0.4) is 0 Å². The zero-order valence-corrected chi connectivity index (χ0v) is 6.02. The van der Waals surface area contributed by atoms with Gasteiger partial charge in [0.15, 0.2) is 0 Å². The van der Waals surface area contributed by atoms with Crippen molar-refractivity contribution in [1.82, 2.24) is 4.90 Å². The fourth-order valence-corrected chi connectivity index (χ4v) is 1.17. The van der Waals surface area contributed by atoms with Gasteiger partial charge in [-0.05, 0) is 13.5 Å². The summed E-state index contributed by atoms with van der Waals surface area (Å²) in [7, 11) is 1.50. The Morgan fingerprint density at radius 2 is 1.64 bits per heavy atom. The number of aliphatic carboxylic acids is 2. The SMILES string of the molecule is CN1C(C(=O)O)CC1C(=O)O. The molecule has 0 aliphatic carbocycles.